The first-order chi connectivity index (χ1) is 6.43. The van der Waals surface area contributed by atoms with Gasteiger partial charge in [-0.15, -0.1) is 0 Å². The summed E-state index contributed by atoms with van der Waals surface area (Å²) in [5.74, 6) is 1.76. The molecule has 1 rings (SSSR count). The lowest BCUT2D eigenvalue weighted by molar-refractivity contribution is 0.0740. The summed E-state index contributed by atoms with van der Waals surface area (Å²) in [7, 11) is 0. The van der Waals surface area contributed by atoms with Crippen LogP contribution >= 0.6 is 0 Å². The number of ether oxygens (including phenoxy) is 1. The van der Waals surface area contributed by atoms with Crippen molar-refractivity contribution in [3.63, 3.8) is 0 Å². The summed E-state index contributed by atoms with van der Waals surface area (Å²) < 4.78 is 5.59. The van der Waals surface area contributed by atoms with Gasteiger partial charge in [-0.25, -0.2) is 4.79 Å². The van der Waals surface area contributed by atoms with Gasteiger partial charge in [0.2, 0.25) is 0 Å². The highest BCUT2D eigenvalue weighted by Gasteiger charge is 2.07. The number of hydrogen-bond acceptors (Lipinski definition) is 2. The van der Waals surface area contributed by atoms with Crippen LogP contribution in [0.4, 0.5) is 0 Å². The van der Waals surface area contributed by atoms with Crippen LogP contribution in [0.15, 0.2) is 18.2 Å². The maximum atomic E-state index is 9.84. The number of rotatable bonds is 5. The van der Waals surface area contributed by atoms with Crippen molar-refractivity contribution in [1.82, 2.24) is 0 Å². The van der Waals surface area contributed by atoms with Crippen molar-refractivity contribution < 1.29 is 9.53 Å². The standard InChI is InChI=1S/C11H16O2/c12-9-5-2-6-10-13-11-7-3-1-4-8-11/h3,5,7,11H,1-2,4,6,8,10H2. The van der Waals surface area contributed by atoms with E-state index in [0.717, 1.165) is 25.9 Å². The van der Waals surface area contributed by atoms with Crippen molar-refractivity contribution in [2.45, 2.75) is 38.2 Å². The highest BCUT2D eigenvalue weighted by Crippen LogP contribution is 2.13. The molecular formula is C11H16O2. The Labute approximate surface area is 79.3 Å². The van der Waals surface area contributed by atoms with E-state index in [2.05, 4.69) is 12.2 Å². The van der Waals surface area contributed by atoms with Gasteiger partial charge in [-0.2, -0.15) is 0 Å². The SMILES string of the molecule is O=C=CCCCOC1C=CCCC1. The Morgan fingerprint density at radius 2 is 2.54 bits per heavy atom. The summed E-state index contributed by atoms with van der Waals surface area (Å²) in [5.41, 5.74) is 0. The summed E-state index contributed by atoms with van der Waals surface area (Å²) in [6, 6.07) is 0. The Hall–Kier alpha value is -0.850. The van der Waals surface area contributed by atoms with E-state index in [0.29, 0.717) is 6.10 Å². The molecule has 0 bridgehead atoms. The molecule has 2 nitrogen and oxygen atoms in total. The van der Waals surface area contributed by atoms with Gasteiger partial charge in [0, 0.05) is 6.61 Å². The molecule has 1 aliphatic carbocycles. The van der Waals surface area contributed by atoms with Crippen LogP contribution in [0, 0.1) is 0 Å². The Bertz CT molecular complexity index is 202. The van der Waals surface area contributed by atoms with Gasteiger partial charge >= 0.3 is 0 Å². The van der Waals surface area contributed by atoms with E-state index in [-0.39, 0.29) is 0 Å². The van der Waals surface area contributed by atoms with Gasteiger partial charge in [0.15, 0.2) is 0 Å². The van der Waals surface area contributed by atoms with Crippen molar-refractivity contribution in [2.24, 2.45) is 0 Å². The van der Waals surface area contributed by atoms with E-state index in [1.165, 1.54) is 18.9 Å². The van der Waals surface area contributed by atoms with Gasteiger partial charge in [0.05, 0.1) is 6.10 Å². The average Bonchev–Trinajstić information content (AvgIpc) is 2.19. The van der Waals surface area contributed by atoms with Gasteiger partial charge in [0.1, 0.15) is 5.94 Å². The molecular weight excluding hydrogens is 164 g/mol. The maximum absolute atomic E-state index is 9.84. The third-order valence-electron chi connectivity index (χ3n) is 2.12. The Balaban J connectivity index is 2.01. The lowest BCUT2D eigenvalue weighted by atomic mass is 10.1. The van der Waals surface area contributed by atoms with Crippen LogP contribution < -0.4 is 0 Å². The second kappa shape index (κ2) is 6.64. The molecule has 72 valence electrons. The van der Waals surface area contributed by atoms with Crippen LogP contribution in [0.3, 0.4) is 0 Å². The monoisotopic (exact) mass is 180 g/mol. The maximum Gasteiger partial charge on any atom is 0.120 e. The van der Waals surface area contributed by atoms with Crippen molar-refractivity contribution in [3.8, 4) is 0 Å². The van der Waals surface area contributed by atoms with Gasteiger partial charge in [-0.1, -0.05) is 12.2 Å². The third kappa shape index (κ3) is 4.66. The highest BCUT2D eigenvalue weighted by molar-refractivity contribution is 5.44. The second-order valence-electron chi connectivity index (χ2n) is 3.23. The highest BCUT2D eigenvalue weighted by atomic mass is 16.5. The first-order valence-electron chi connectivity index (χ1n) is 4.91. The molecule has 0 aromatic heterocycles. The van der Waals surface area contributed by atoms with Crippen molar-refractivity contribution in [2.75, 3.05) is 6.61 Å². The van der Waals surface area contributed by atoms with Crippen molar-refractivity contribution in [1.29, 1.82) is 0 Å². The van der Waals surface area contributed by atoms with E-state index in [9.17, 15) is 4.79 Å². The summed E-state index contributed by atoms with van der Waals surface area (Å²) >= 11 is 0. The van der Waals surface area contributed by atoms with Gasteiger partial charge in [-0.05, 0) is 38.2 Å². The van der Waals surface area contributed by atoms with E-state index >= 15 is 0 Å². The quantitative estimate of drug-likeness (QED) is 0.368. The molecule has 1 unspecified atom stereocenters. The zero-order valence-corrected chi connectivity index (χ0v) is 7.87. The molecule has 0 amide bonds. The molecule has 1 atom stereocenters. The molecule has 0 spiro atoms. The fourth-order valence-corrected chi connectivity index (χ4v) is 1.40. The molecule has 0 saturated heterocycles. The summed E-state index contributed by atoms with van der Waals surface area (Å²) in [4.78, 5) is 9.84. The van der Waals surface area contributed by atoms with Crippen LogP contribution in [-0.2, 0) is 9.53 Å². The number of carbonyl (C=O) groups excluding carboxylic acids is 1. The first kappa shape index (κ1) is 10.2. The molecule has 2 heteroatoms. The van der Waals surface area contributed by atoms with E-state index in [4.69, 9.17) is 4.74 Å². The zero-order chi connectivity index (χ0) is 9.36. The first-order valence-corrected chi connectivity index (χ1v) is 4.91. The molecule has 1 aliphatic rings. The van der Waals surface area contributed by atoms with Gasteiger partial charge in [-0.3, -0.25) is 0 Å². The molecule has 13 heavy (non-hydrogen) atoms. The largest absolute Gasteiger partial charge is 0.374 e. The number of allylic oxidation sites excluding steroid dienone is 2. The third-order valence-corrected chi connectivity index (χ3v) is 2.12. The van der Waals surface area contributed by atoms with E-state index in [1.807, 2.05) is 0 Å². The summed E-state index contributed by atoms with van der Waals surface area (Å²) in [6.07, 6.45) is 11.4. The normalized spacial score (nSPS) is 21.1. The molecule has 0 aliphatic heterocycles. The zero-order valence-electron chi connectivity index (χ0n) is 7.87. The van der Waals surface area contributed by atoms with Gasteiger partial charge < -0.3 is 4.74 Å². The molecule has 0 aromatic carbocycles. The van der Waals surface area contributed by atoms with Gasteiger partial charge in [0.25, 0.3) is 0 Å². The minimum Gasteiger partial charge on any atom is -0.374 e. The minimum absolute atomic E-state index is 0.314. The van der Waals surface area contributed by atoms with Crippen LogP contribution in [0.2, 0.25) is 0 Å². The smallest absolute Gasteiger partial charge is 0.120 e. The Morgan fingerprint density at radius 3 is 3.23 bits per heavy atom. The topological polar surface area (TPSA) is 26.3 Å². The molecule has 0 fully saturated rings. The van der Waals surface area contributed by atoms with E-state index in [1.54, 1.807) is 5.94 Å². The predicted octanol–water partition coefficient (Wildman–Crippen LogP) is 2.28. The van der Waals surface area contributed by atoms with Crippen LogP contribution in [-0.4, -0.2) is 18.7 Å². The number of hydrogen-bond donors (Lipinski definition) is 0. The lowest BCUT2D eigenvalue weighted by Crippen LogP contribution is -2.12. The molecule has 0 heterocycles. The Kier molecular flexibility index (Phi) is 5.23. The van der Waals surface area contributed by atoms with Crippen LogP contribution in [0.1, 0.15) is 32.1 Å². The van der Waals surface area contributed by atoms with Crippen molar-refractivity contribution in [3.05, 3.63) is 18.2 Å². The second-order valence-corrected chi connectivity index (χ2v) is 3.23. The minimum atomic E-state index is 0.314. The predicted molar refractivity (Wildman–Crippen MR) is 52.2 cm³/mol. The summed E-state index contributed by atoms with van der Waals surface area (Å²) in [5, 5.41) is 0. The molecule has 0 aromatic rings. The fraction of sp³-hybridized carbons (Fsp3) is 0.636. The molecule has 0 radical (unpaired) electrons. The fourth-order valence-electron chi connectivity index (χ4n) is 1.40. The van der Waals surface area contributed by atoms with E-state index < -0.39 is 0 Å². The van der Waals surface area contributed by atoms with Crippen LogP contribution in [0.5, 0.6) is 0 Å². The average molecular weight is 180 g/mol. The lowest BCUT2D eigenvalue weighted by Gasteiger charge is -2.16. The molecule has 0 N–H and O–H groups in total. The summed E-state index contributed by atoms with van der Waals surface area (Å²) in [6.45, 7) is 0.743. The number of unbranched alkanes of at least 4 members (excludes halogenated alkanes) is 1. The van der Waals surface area contributed by atoms with Crippen LogP contribution in [0.25, 0.3) is 0 Å². The Morgan fingerprint density at radius 1 is 1.62 bits per heavy atom. The molecule has 0 saturated carbocycles. The van der Waals surface area contributed by atoms with Crippen molar-refractivity contribution >= 4 is 5.94 Å².